The van der Waals surface area contributed by atoms with Gasteiger partial charge in [0.1, 0.15) is 0 Å². The maximum absolute atomic E-state index is 7.44. The van der Waals surface area contributed by atoms with Crippen molar-refractivity contribution < 1.29 is 13.9 Å². The standard InChI is InChI=1S/C28H38O3Si/c1-6-14-26-28(5,30-26)21-25-24(19-13-20-29-25)31-32(27(2,3)4,22-15-9-7-10-16-22)23-17-11-8-12-18-23/h6-12,15-18,24-26H,1,13-14,19-21H2,2-5H3/t24-,25+,26+,28-/m1/s1. The molecule has 0 amide bonds. The van der Waals surface area contributed by atoms with Crippen LogP contribution in [0.4, 0.5) is 0 Å². The van der Waals surface area contributed by atoms with Crippen LogP contribution in [-0.2, 0) is 13.9 Å². The third-order valence-corrected chi connectivity index (χ3v) is 12.2. The summed E-state index contributed by atoms with van der Waals surface area (Å²) in [5.74, 6) is 0. The highest BCUT2D eigenvalue weighted by Crippen LogP contribution is 2.45. The van der Waals surface area contributed by atoms with Gasteiger partial charge in [-0.1, -0.05) is 87.5 Å². The lowest BCUT2D eigenvalue weighted by Gasteiger charge is -2.47. The van der Waals surface area contributed by atoms with E-state index in [2.05, 4.69) is 94.9 Å². The second-order valence-electron chi connectivity index (χ2n) is 10.5. The average Bonchev–Trinajstić information content (AvgIpc) is 3.42. The van der Waals surface area contributed by atoms with E-state index in [0.717, 1.165) is 32.3 Å². The van der Waals surface area contributed by atoms with Crippen LogP contribution in [0.25, 0.3) is 0 Å². The highest BCUT2D eigenvalue weighted by atomic mass is 28.4. The quantitative estimate of drug-likeness (QED) is 0.313. The van der Waals surface area contributed by atoms with Gasteiger partial charge in [-0.15, -0.1) is 6.58 Å². The minimum atomic E-state index is -2.60. The maximum atomic E-state index is 7.44. The monoisotopic (exact) mass is 450 g/mol. The minimum absolute atomic E-state index is 0.0386. The molecule has 0 N–H and O–H groups in total. The first-order valence-electron chi connectivity index (χ1n) is 12.0. The number of hydrogen-bond donors (Lipinski definition) is 0. The first kappa shape index (κ1) is 23.4. The average molecular weight is 451 g/mol. The molecule has 0 aromatic heterocycles. The van der Waals surface area contributed by atoms with E-state index in [4.69, 9.17) is 13.9 Å². The lowest BCUT2D eigenvalue weighted by atomic mass is 9.92. The van der Waals surface area contributed by atoms with Crippen LogP contribution in [0.2, 0.25) is 5.04 Å². The predicted octanol–water partition coefficient (Wildman–Crippen LogP) is 5.23. The van der Waals surface area contributed by atoms with E-state index >= 15 is 0 Å². The molecule has 2 aliphatic rings. The molecule has 4 rings (SSSR count). The van der Waals surface area contributed by atoms with Crippen molar-refractivity contribution in [3.8, 4) is 0 Å². The zero-order valence-corrected chi connectivity index (χ0v) is 21.1. The molecule has 0 unspecified atom stereocenters. The Kier molecular flexibility index (Phi) is 6.78. The summed E-state index contributed by atoms with van der Waals surface area (Å²) in [4.78, 5) is 0. The fraction of sp³-hybridized carbons (Fsp3) is 0.500. The van der Waals surface area contributed by atoms with E-state index in [1.54, 1.807) is 0 Å². The van der Waals surface area contributed by atoms with Gasteiger partial charge in [-0.2, -0.15) is 0 Å². The third-order valence-electron chi connectivity index (χ3n) is 7.15. The molecule has 2 aliphatic heterocycles. The van der Waals surface area contributed by atoms with E-state index in [-0.39, 0.29) is 29.0 Å². The van der Waals surface area contributed by atoms with Crippen molar-refractivity contribution in [2.75, 3.05) is 6.61 Å². The summed E-state index contributed by atoms with van der Waals surface area (Å²) >= 11 is 0. The molecule has 0 radical (unpaired) electrons. The van der Waals surface area contributed by atoms with E-state index < -0.39 is 8.32 Å². The topological polar surface area (TPSA) is 31.0 Å². The number of ether oxygens (including phenoxy) is 2. The molecule has 0 aliphatic carbocycles. The molecule has 2 fully saturated rings. The molecule has 4 heteroatoms. The van der Waals surface area contributed by atoms with Crippen molar-refractivity contribution in [2.45, 2.75) is 82.3 Å². The van der Waals surface area contributed by atoms with Crippen LogP contribution in [0.1, 0.15) is 53.4 Å². The fourth-order valence-electron chi connectivity index (χ4n) is 5.37. The molecular weight excluding hydrogens is 412 g/mol. The van der Waals surface area contributed by atoms with E-state index in [0.29, 0.717) is 0 Å². The van der Waals surface area contributed by atoms with Crippen LogP contribution in [0.5, 0.6) is 0 Å². The Morgan fingerprint density at radius 2 is 1.66 bits per heavy atom. The van der Waals surface area contributed by atoms with Crippen molar-refractivity contribution in [1.29, 1.82) is 0 Å². The molecule has 0 spiro atoms. The van der Waals surface area contributed by atoms with Crippen molar-refractivity contribution in [1.82, 2.24) is 0 Å². The Hall–Kier alpha value is -1.72. The largest absolute Gasteiger partial charge is 0.402 e. The summed E-state index contributed by atoms with van der Waals surface area (Å²) in [6.07, 6.45) is 6.13. The van der Waals surface area contributed by atoms with E-state index in [1.165, 1.54) is 10.4 Å². The lowest BCUT2D eigenvalue weighted by molar-refractivity contribution is -0.0773. The number of hydrogen-bond acceptors (Lipinski definition) is 3. The van der Waals surface area contributed by atoms with Gasteiger partial charge in [0.15, 0.2) is 0 Å². The van der Waals surface area contributed by atoms with Gasteiger partial charge in [-0.25, -0.2) is 0 Å². The molecule has 3 nitrogen and oxygen atoms in total. The zero-order valence-electron chi connectivity index (χ0n) is 20.1. The van der Waals surface area contributed by atoms with Gasteiger partial charge in [0, 0.05) is 13.0 Å². The smallest absolute Gasteiger partial charge is 0.261 e. The molecule has 32 heavy (non-hydrogen) atoms. The summed E-state index contributed by atoms with van der Waals surface area (Å²) in [7, 11) is -2.60. The second kappa shape index (κ2) is 9.26. The van der Waals surface area contributed by atoms with Gasteiger partial charge in [0.05, 0.1) is 23.9 Å². The summed E-state index contributed by atoms with van der Waals surface area (Å²) < 4.78 is 19.9. The normalized spacial score (nSPS) is 28.3. The molecule has 0 bridgehead atoms. The first-order valence-corrected chi connectivity index (χ1v) is 13.9. The van der Waals surface area contributed by atoms with Crippen LogP contribution < -0.4 is 10.4 Å². The first-order chi connectivity index (χ1) is 15.3. The van der Waals surface area contributed by atoms with Crippen LogP contribution in [-0.4, -0.2) is 38.8 Å². The Morgan fingerprint density at radius 1 is 1.06 bits per heavy atom. The van der Waals surface area contributed by atoms with Gasteiger partial charge < -0.3 is 13.9 Å². The Bertz CT molecular complexity index is 852. The molecule has 2 heterocycles. The van der Waals surface area contributed by atoms with Crippen LogP contribution in [0, 0.1) is 0 Å². The van der Waals surface area contributed by atoms with Crippen LogP contribution >= 0.6 is 0 Å². The van der Waals surface area contributed by atoms with Crippen LogP contribution in [0.3, 0.4) is 0 Å². The van der Waals surface area contributed by atoms with E-state index in [1.807, 2.05) is 6.08 Å². The Labute approximate surface area is 194 Å². The molecule has 2 aromatic carbocycles. The fourth-order valence-corrected chi connectivity index (χ4v) is 10.1. The molecule has 4 atom stereocenters. The molecular formula is C28H38O3Si. The number of rotatable bonds is 8. The molecule has 172 valence electrons. The maximum Gasteiger partial charge on any atom is 0.261 e. The summed E-state index contributed by atoms with van der Waals surface area (Å²) in [6.45, 7) is 13.9. The van der Waals surface area contributed by atoms with Gasteiger partial charge in [-0.05, 0) is 41.6 Å². The summed E-state index contributed by atoms with van der Waals surface area (Å²) in [5, 5.41) is 2.60. The number of benzene rings is 2. The SMILES string of the molecule is C=CC[C@@H]1O[C@]1(C)C[C@@H]1OCCC[C@H]1O[Si](c1ccccc1)(c1ccccc1)C(C)(C)C. The molecule has 2 saturated heterocycles. The summed E-state index contributed by atoms with van der Waals surface area (Å²) in [5.41, 5.74) is -0.136. The summed E-state index contributed by atoms with van der Waals surface area (Å²) in [6, 6.07) is 21.8. The highest BCUT2D eigenvalue weighted by molar-refractivity contribution is 6.99. The third kappa shape index (κ3) is 4.51. The van der Waals surface area contributed by atoms with Gasteiger partial charge in [0.25, 0.3) is 8.32 Å². The van der Waals surface area contributed by atoms with E-state index in [9.17, 15) is 0 Å². The molecule has 2 aromatic rings. The molecule has 0 saturated carbocycles. The van der Waals surface area contributed by atoms with Crippen LogP contribution in [0.15, 0.2) is 73.3 Å². The lowest BCUT2D eigenvalue weighted by Crippen LogP contribution is -2.68. The van der Waals surface area contributed by atoms with Gasteiger partial charge in [0.2, 0.25) is 0 Å². The van der Waals surface area contributed by atoms with Crippen molar-refractivity contribution in [2.24, 2.45) is 0 Å². The number of epoxide rings is 1. The van der Waals surface area contributed by atoms with Crippen molar-refractivity contribution in [3.05, 3.63) is 73.3 Å². The van der Waals surface area contributed by atoms with Gasteiger partial charge in [-0.3, -0.25) is 0 Å². The van der Waals surface area contributed by atoms with Gasteiger partial charge >= 0.3 is 0 Å². The minimum Gasteiger partial charge on any atom is -0.402 e. The van der Waals surface area contributed by atoms with Crippen molar-refractivity contribution >= 4 is 18.7 Å². The highest BCUT2D eigenvalue weighted by Gasteiger charge is 2.56. The van der Waals surface area contributed by atoms with Crippen molar-refractivity contribution in [3.63, 3.8) is 0 Å². The predicted molar refractivity (Wildman–Crippen MR) is 134 cm³/mol. The Balaban J connectivity index is 1.71. The zero-order chi connectivity index (χ0) is 22.8. The Morgan fingerprint density at radius 3 is 2.19 bits per heavy atom. The second-order valence-corrected chi connectivity index (χ2v) is 14.8.